The Kier molecular flexibility index (Phi) is 4.29. The van der Waals surface area contributed by atoms with Crippen molar-refractivity contribution in [2.75, 3.05) is 5.32 Å². The minimum absolute atomic E-state index is 0.176. The van der Waals surface area contributed by atoms with E-state index in [-0.39, 0.29) is 11.3 Å². The Labute approximate surface area is 123 Å². The number of nitro groups is 2. The van der Waals surface area contributed by atoms with Crippen molar-refractivity contribution in [3.8, 4) is 0 Å². The topological polar surface area (TPSA) is 152 Å². The van der Waals surface area contributed by atoms with Gasteiger partial charge in [0.2, 0.25) is 5.82 Å². The monoisotopic (exact) mass is 304 g/mol. The molecule has 0 radical (unpaired) electrons. The highest BCUT2D eigenvalue weighted by molar-refractivity contribution is 6.58. The molecule has 2 aromatic rings. The van der Waals surface area contributed by atoms with Crippen molar-refractivity contribution < 1.29 is 19.9 Å². The molecule has 0 atom stereocenters. The Morgan fingerprint density at radius 2 is 1.86 bits per heavy atom. The van der Waals surface area contributed by atoms with Gasteiger partial charge in [0.15, 0.2) is 0 Å². The zero-order valence-electron chi connectivity index (χ0n) is 10.9. The van der Waals surface area contributed by atoms with Crippen LogP contribution in [0.1, 0.15) is 0 Å². The second-order valence-electron chi connectivity index (χ2n) is 4.20. The minimum Gasteiger partial charge on any atom is -0.423 e. The summed E-state index contributed by atoms with van der Waals surface area (Å²) >= 11 is 0. The molecule has 10 nitrogen and oxygen atoms in total. The van der Waals surface area contributed by atoms with Crippen LogP contribution in [0.25, 0.3) is 0 Å². The van der Waals surface area contributed by atoms with Crippen LogP contribution in [0.3, 0.4) is 0 Å². The summed E-state index contributed by atoms with van der Waals surface area (Å²) in [4.78, 5) is 23.7. The van der Waals surface area contributed by atoms with Crippen molar-refractivity contribution in [1.82, 2.24) is 4.98 Å². The predicted molar refractivity (Wildman–Crippen MR) is 77.1 cm³/mol. The number of hydrogen-bond acceptors (Lipinski definition) is 8. The lowest BCUT2D eigenvalue weighted by Gasteiger charge is -2.07. The second-order valence-corrected chi connectivity index (χ2v) is 4.20. The zero-order valence-corrected chi connectivity index (χ0v) is 10.9. The normalized spacial score (nSPS) is 10.1. The summed E-state index contributed by atoms with van der Waals surface area (Å²) < 4.78 is 0. The maximum Gasteiger partial charge on any atom is 0.488 e. The molecule has 0 aliphatic heterocycles. The molecule has 0 aliphatic rings. The van der Waals surface area contributed by atoms with Gasteiger partial charge in [-0.2, -0.15) is 0 Å². The molecule has 0 amide bonds. The molecule has 1 aromatic heterocycles. The fourth-order valence-corrected chi connectivity index (χ4v) is 1.69. The molecule has 0 bridgehead atoms. The molecular weight excluding hydrogens is 295 g/mol. The van der Waals surface area contributed by atoms with E-state index in [4.69, 9.17) is 10.0 Å². The van der Waals surface area contributed by atoms with E-state index in [1.807, 2.05) is 0 Å². The van der Waals surface area contributed by atoms with E-state index in [2.05, 4.69) is 10.3 Å². The largest absolute Gasteiger partial charge is 0.488 e. The van der Waals surface area contributed by atoms with Gasteiger partial charge in [0.1, 0.15) is 6.20 Å². The van der Waals surface area contributed by atoms with Crippen LogP contribution in [0.2, 0.25) is 0 Å². The average molecular weight is 304 g/mol. The third-order valence-corrected chi connectivity index (χ3v) is 2.71. The lowest BCUT2D eigenvalue weighted by molar-refractivity contribution is -0.394. The lowest BCUT2D eigenvalue weighted by atomic mass is 9.80. The number of benzene rings is 1. The lowest BCUT2D eigenvalue weighted by Crippen LogP contribution is -2.29. The summed E-state index contributed by atoms with van der Waals surface area (Å²) in [5, 5.41) is 42.4. The van der Waals surface area contributed by atoms with Gasteiger partial charge in [-0.15, -0.1) is 0 Å². The van der Waals surface area contributed by atoms with Gasteiger partial charge in [0.25, 0.3) is 5.69 Å². The zero-order chi connectivity index (χ0) is 16.3. The van der Waals surface area contributed by atoms with E-state index in [9.17, 15) is 20.2 Å². The van der Waals surface area contributed by atoms with Crippen LogP contribution in [0.5, 0.6) is 0 Å². The Balaban J connectivity index is 2.39. The number of aromatic nitrogens is 1. The summed E-state index contributed by atoms with van der Waals surface area (Å²) in [5.74, 6) is -0.194. The van der Waals surface area contributed by atoms with Gasteiger partial charge in [-0.1, -0.05) is 12.1 Å². The molecular formula is C11H9BN4O6. The summed E-state index contributed by atoms with van der Waals surface area (Å²) in [6.07, 6.45) is 0.889. The maximum absolute atomic E-state index is 11.0. The van der Waals surface area contributed by atoms with Crippen LogP contribution >= 0.6 is 0 Å². The first-order valence-electron chi connectivity index (χ1n) is 5.90. The van der Waals surface area contributed by atoms with Crippen molar-refractivity contribution in [3.63, 3.8) is 0 Å². The van der Waals surface area contributed by atoms with E-state index in [0.29, 0.717) is 5.69 Å². The predicted octanol–water partition coefficient (Wildman–Crippen LogP) is 0.321. The van der Waals surface area contributed by atoms with Crippen LogP contribution in [-0.4, -0.2) is 32.0 Å². The fourth-order valence-electron chi connectivity index (χ4n) is 1.69. The molecule has 1 heterocycles. The van der Waals surface area contributed by atoms with Gasteiger partial charge in [-0.3, -0.25) is 20.2 Å². The molecule has 11 heteroatoms. The number of rotatable bonds is 5. The van der Waals surface area contributed by atoms with E-state index >= 15 is 0 Å². The van der Waals surface area contributed by atoms with Gasteiger partial charge in [-0.25, -0.2) is 4.98 Å². The Hall–Kier alpha value is -3.05. The van der Waals surface area contributed by atoms with E-state index in [1.54, 1.807) is 0 Å². The minimum atomic E-state index is -1.69. The molecule has 0 spiro atoms. The van der Waals surface area contributed by atoms with Crippen LogP contribution in [0, 0.1) is 20.2 Å². The van der Waals surface area contributed by atoms with Crippen molar-refractivity contribution in [2.24, 2.45) is 0 Å². The first-order valence-corrected chi connectivity index (χ1v) is 5.90. The third kappa shape index (κ3) is 3.34. The molecule has 22 heavy (non-hydrogen) atoms. The third-order valence-electron chi connectivity index (χ3n) is 2.71. The number of nitrogens with one attached hydrogen (secondary N) is 1. The number of hydrogen-bond donors (Lipinski definition) is 3. The Morgan fingerprint density at radius 1 is 1.14 bits per heavy atom. The summed E-state index contributed by atoms with van der Waals surface area (Å²) in [7, 11) is -1.69. The van der Waals surface area contributed by atoms with Gasteiger partial charge in [0, 0.05) is 5.69 Å². The summed E-state index contributed by atoms with van der Waals surface area (Å²) in [6.45, 7) is 0. The highest BCUT2D eigenvalue weighted by atomic mass is 16.6. The van der Waals surface area contributed by atoms with Crippen molar-refractivity contribution in [1.29, 1.82) is 0 Å². The molecule has 0 saturated heterocycles. The van der Waals surface area contributed by atoms with Crippen LogP contribution in [-0.2, 0) is 0 Å². The van der Waals surface area contributed by atoms with Crippen LogP contribution in [0.15, 0.2) is 36.5 Å². The van der Waals surface area contributed by atoms with Crippen molar-refractivity contribution in [2.45, 2.75) is 0 Å². The maximum atomic E-state index is 11.0. The number of anilines is 2. The fraction of sp³-hybridized carbons (Fsp3) is 0. The van der Waals surface area contributed by atoms with E-state index in [0.717, 1.165) is 12.3 Å². The SMILES string of the molecule is O=[N+]([O-])c1cnc(Nc2cccc(B(O)O)c2)c([N+](=O)[O-])c1. The van der Waals surface area contributed by atoms with Gasteiger partial charge < -0.3 is 15.4 Å². The van der Waals surface area contributed by atoms with E-state index in [1.165, 1.54) is 24.3 Å². The number of nitrogens with zero attached hydrogens (tertiary/aromatic N) is 3. The molecule has 1 aromatic carbocycles. The first-order chi connectivity index (χ1) is 10.4. The quantitative estimate of drug-likeness (QED) is 0.405. The Bertz CT molecular complexity index is 738. The molecule has 0 aliphatic carbocycles. The highest BCUT2D eigenvalue weighted by Crippen LogP contribution is 2.28. The average Bonchev–Trinajstić information content (AvgIpc) is 2.47. The summed E-state index contributed by atoms with van der Waals surface area (Å²) in [6, 6.07) is 6.64. The van der Waals surface area contributed by atoms with Crippen molar-refractivity contribution >= 4 is 35.5 Å². The smallest absolute Gasteiger partial charge is 0.423 e. The second kappa shape index (κ2) is 6.16. The van der Waals surface area contributed by atoms with Gasteiger partial charge in [0.05, 0.1) is 15.9 Å². The molecule has 2 rings (SSSR count). The highest BCUT2D eigenvalue weighted by Gasteiger charge is 2.21. The molecule has 0 saturated carbocycles. The number of pyridine rings is 1. The van der Waals surface area contributed by atoms with Gasteiger partial charge in [-0.05, 0) is 17.6 Å². The van der Waals surface area contributed by atoms with E-state index < -0.39 is 28.3 Å². The summed E-state index contributed by atoms with van der Waals surface area (Å²) in [5.41, 5.74) is -0.578. The van der Waals surface area contributed by atoms with Crippen LogP contribution in [0.4, 0.5) is 22.9 Å². The molecule has 3 N–H and O–H groups in total. The van der Waals surface area contributed by atoms with Crippen molar-refractivity contribution in [3.05, 3.63) is 56.8 Å². The molecule has 0 unspecified atom stereocenters. The van der Waals surface area contributed by atoms with Crippen LogP contribution < -0.4 is 10.8 Å². The first kappa shape index (κ1) is 15.3. The Morgan fingerprint density at radius 3 is 2.45 bits per heavy atom. The molecule has 112 valence electrons. The standard InChI is InChI=1S/C11H9BN4O6/c17-12(18)7-2-1-3-8(4-7)14-11-10(16(21)22)5-9(6-13-11)15(19)20/h1-6,17-18H,(H,13,14). The molecule has 0 fully saturated rings. The van der Waals surface area contributed by atoms with Gasteiger partial charge >= 0.3 is 12.8 Å².